The predicted molar refractivity (Wildman–Crippen MR) is 90.5 cm³/mol. The van der Waals surface area contributed by atoms with Crippen LogP contribution in [0.4, 0.5) is 4.39 Å². The van der Waals surface area contributed by atoms with E-state index in [1.165, 1.54) is 17.4 Å². The summed E-state index contributed by atoms with van der Waals surface area (Å²) < 4.78 is 15.6. The van der Waals surface area contributed by atoms with Crippen molar-refractivity contribution < 1.29 is 9.18 Å². The van der Waals surface area contributed by atoms with Crippen molar-refractivity contribution in [3.05, 3.63) is 70.4 Å². The molecule has 0 spiro atoms. The highest BCUT2D eigenvalue weighted by Gasteiger charge is 2.14. The molecule has 3 rings (SSSR count). The van der Waals surface area contributed by atoms with Crippen LogP contribution < -0.4 is 5.32 Å². The SMILES string of the molecule is CC(Cn1ccnc1)NC(=O)c1csc(Cc2ccccc2F)n1. The van der Waals surface area contributed by atoms with Gasteiger partial charge in [0.2, 0.25) is 0 Å². The third kappa shape index (κ3) is 4.05. The third-order valence-electron chi connectivity index (χ3n) is 3.51. The Morgan fingerprint density at radius 3 is 3.00 bits per heavy atom. The molecule has 0 fully saturated rings. The second-order valence-electron chi connectivity index (χ2n) is 5.53. The van der Waals surface area contributed by atoms with Crippen LogP contribution >= 0.6 is 11.3 Å². The van der Waals surface area contributed by atoms with Crippen molar-refractivity contribution in [1.29, 1.82) is 0 Å². The molecule has 0 bridgehead atoms. The molecule has 1 unspecified atom stereocenters. The van der Waals surface area contributed by atoms with Crippen LogP contribution in [-0.2, 0) is 13.0 Å². The quantitative estimate of drug-likeness (QED) is 0.748. The van der Waals surface area contributed by atoms with Gasteiger partial charge in [-0.3, -0.25) is 4.79 Å². The van der Waals surface area contributed by atoms with Gasteiger partial charge in [-0.05, 0) is 18.6 Å². The van der Waals surface area contributed by atoms with Gasteiger partial charge in [0.05, 0.1) is 11.3 Å². The summed E-state index contributed by atoms with van der Waals surface area (Å²) in [6.45, 7) is 2.56. The number of aromatic nitrogens is 3. The molecule has 0 saturated heterocycles. The van der Waals surface area contributed by atoms with Gasteiger partial charge in [-0.1, -0.05) is 18.2 Å². The van der Waals surface area contributed by atoms with Gasteiger partial charge < -0.3 is 9.88 Å². The maximum Gasteiger partial charge on any atom is 0.271 e. The Kier molecular flexibility index (Phi) is 5.00. The molecule has 0 radical (unpaired) electrons. The monoisotopic (exact) mass is 344 g/mol. The van der Waals surface area contributed by atoms with Crippen LogP contribution in [0.5, 0.6) is 0 Å². The second-order valence-corrected chi connectivity index (χ2v) is 6.47. The first kappa shape index (κ1) is 16.3. The molecule has 1 N–H and O–H groups in total. The minimum Gasteiger partial charge on any atom is -0.346 e. The third-order valence-corrected chi connectivity index (χ3v) is 4.35. The van der Waals surface area contributed by atoms with Crippen LogP contribution in [0.15, 0.2) is 48.4 Å². The van der Waals surface area contributed by atoms with Gasteiger partial charge in [0, 0.05) is 36.8 Å². The van der Waals surface area contributed by atoms with Crippen molar-refractivity contribution in [3.8, 4) is 0 Å². The summed E-state index contributed by atoms with van der Waals surface area (Å²) in [5.74, 6) is -0.480. The number of hydrogen-bond donors (Lipinski definition) is 1. The van der Waals surface area contributed by atoms with Crippen LogP contribution in [-0.4, -0.2) is 26.5 Å². The lowest BCUT2D eigenvalue weighted by Gasteiger charge is -2.13. The van der Waals surface area contributed by atoms with Crippen LogP contribution in [0.3, 0.4) is 0 Å². The molecule has 1 amide bonds. The number of imidazole rings is 1. The normalized spacial score (nSPS) is 12.1. The number of carbonyl (C=O) groups excluding carboxylic acids is 1. The van der Waals surface area contributed by atoms with E-state index in [9.17, 15) is 9.18 Å². The lowest BCUT2D eigenvalue weighted by Crippen LogP contribution is -2.35. The molecule has 24 heavy (non-hydrogen) atoms. The maximum absolute atomic E-state index is 13.7. The van der Waals surface area contributed by atoms with Crippen LogP contribution in [0.25, 0.3) is 0 Å². The van der Waals surface area contributed by atoms with Gasteiger partial charge in [0.25, 0.3) is 5.91 Å². The zero-order valence-corrected chi connectivity index (χ0v) is 14.0. The number of carbonyl (C=O) groups is 1. The number of benzene rings is 1. The molecule has 124 valence electrons. The molecular weight excluding hydrogens is 327 g/mol. The molecule has 7 heteroatoms. The number of halogens is 1. The molecule has 3 aromatic rings. The maximum atomic E-state index is 13.7. The zero-order chi connectivity index (χ0) is 16.9. The smallest absolute Gasteiger partial charge is 0.271 e. The van der Waals surface area contributed by atoms with Gasteiger partial charge in [-0.2, -0.15) is 0 Å². The molecule has 0 aliphatic rings. The highest BCUT2D eigenvalue weighted by atomic mass is 32.1. The topological polar surface area (TPSA) is 59.8 Å². The van der Waals surface area contributed by atoms with Gasteiger partial charge in [-0.15, -0.1) is 11.3 Å². The Morgan fingerprint density at radius 2 is 2.25 bits per heavy atom. The molecule has 0 aliphatic carbocycles. The van der Waals surface area contributed by atoms with Crippen molar-refractivity contribution in [2.24, 2.45) is 0 Å². The first-order chi connectivity index (χ1) is 11.6. The fraction of sp³-hybridized carbons (Fsp3) is 0.235. The number of thiazole rings is 1. The largest absolute Gasteiger partial charge is 0.346 e. The van der Waals surface area contributed by atoms with E-state index in [4.69, 9.17) is 0 Å². The summed E-state index contributed by atoms with van der Waals surface area (Å²) >= 11 is 1.36. The van der Waals surface area contributed by atoms with Crippen molar-refractivity contribution in [2.75, 3.05) is 0 Å². The Labute approximate surface area is 143 Å². The van der Waals surface area contributed by atoms with Crippen LogP contribution in [0.1, 0.15) is 28.0 Å². The summed E-state index contributed by atoms with van der Waals surface area (Å²) in [5, 5.41) is 5.32. The van der Waals surface area contributed by atoms with Crippen LogP contribution in [0, 0.1) is 5.82 Å². The minimum absolute atomic E-state index is 0.0524. The molecule has 2 heterocycles. The van der Waals surface area contributed by atoms with E-state index in [2.05, 4.69) is 15.3 Å². The Hall–Kier alpha value is -2.54. The second kappa shape index (κ2) is 7.35. The fourth-order valence-electron chi connectivity index (χ4n) is 2.36. The predicted octanol–water partition coefficient (Wildman–Crippen LogP) is 2.89. The number of nitrogens with one attached hydrogen (secondary N) is 1. The summed E-state index contributed by atoms with van der Waals surface area (Å²) in [4.78, 5) is 20.5. The van der Waals surface area contributed by atoms with Gasteiger partial charge >= 0.3 is 0 Å². The molecule has 0 aliphatic heterocycles. The van der Waals surface area contributed by atoms with E-state index in [0.717, 1.165) is 0 Å². The average molecular weight is 344 g/mol. The Bertz CT molecular complexity index is 816. The van der Waals surface area contributed by atoms with E-state index in [0.29, 0.717) is 29.2 Å². The number of nitrogens with zero attached hydrogens (tertiary/aromatic N) is 3. The highest BCUT2D eigenvalue weighted by Crippen LogP contribution is 2.17. The molecule has 5 nitrogen and oxygen atoms in total. The lowest BCUT2D eigenvalue weighted by molar-refractivity contribution is 0.0932. The van der Waals surface area contributed by atoms with Crippen molar-refractivity contribution >= 4 is 17.2 Å². The summed E-state index contributed by atoms with van der Waals surface area (Å²) in [6.07, 6.45) is 5.63. The van der Waals surface area contributed by atoms with Gasteiger partial charge in [0.15, 0.2) is 0 Å². The lowest BCUT2D eigenvalue weighted by atomic mass is 10.1. The number of rotatable bonds is 6. The van der Waals surface area contributed by atoms with E-state index in [1.807, 2.05) is 17.7 Å². The van der Waals surface area contributed by atoms with E-state index < -0.39 is 0 Å². The fourth-order valence-corrected chi connectivity index (χ4v) is 3.15. The first-order valence-electron chi connectivity index (χ1n) is 7.56. The molecule has 1 atom stereocenters. The molecule has 1 aromatic carbocycles. The Balaban J connectivity index is 1.60. The summed E-state index contributed by atoms with van der Waals surface area (Å²) in [6, 6.07) is 6.54. The minimum atomic E-state index is -0.257. The molecular formula is C17H17FN4OS. The van der Waals surface area contributed by atoms with Gasteiger partial charge in [0.1, 0.15) is 11.5 Å². The van der Waals surface area contributed by atoms with Crippen molar-refractivity contribution in [1.82, 2.24) is 19.9 Å². The van der Waals surface area contributed by atoms with E-state index in [-0.39, 0.29) is 17.8 Å². The van der Waals surface area contributed by atoms with E-state index >= 15 is 0 Å². The van der Waals surface area contributed by atoms with Crippen molar-refractivity contribution in [3.63, 3.8) is 0 Å². The van der Waals surface area contributed by atoms with Crippen molar-refractivity contribution in [2.45, 2.75) is 25.9 Å². The van der Waals surface area contributed by atoms with Gasteiger partial charge in [-0.25, -0.2) is 14.4 Å². The summed E-state index contributed by atoms with van der Waals surface area (Å²) in [7, 11) is 0. The first-order valence-corrected chi connectivity index (χ1v) is 8.44. The standard InChI is InChI=1S/C17H17FN4OS/c1-12(9-22-7-6-19-11-22)20-17(23)15-10-24-16(21-15)8-13-4-2-3-5-14(13)18/h2-7,10-12H,8-9H2,1H3,(H,20,23). The molecule has 0 saturated carbocycles. The highest BCUT2D eigenvalue weighted by molar-refractivity contribution is 7.09. The van der Waals surface area contributed by atoms with E-state index in [1.54, 1.807) is 36.1 Å². The number of hydrogen-bond acceptors (Lipinski definition) is 4. The Morgan fingerprint density at radius 1 is 1.42 bits per heavy atom. The molecule has 2 aromatic heterocycles. The zero-order valence-electron chi connectivity index (χ0n) is 13.1. The van der Waals surface area contributed by atoms with Crippen LogP contribution in [0.2, 0.25) is 0 Å². The average Bonchev–Trinajstić information content (AvgIpc) is 3.21. The summed E-state index contributed by atoms with van der Waals surface area (Å²) in [5.41, 5.74) is 0.941. The number of amides is 1.